The number of nitrogens with zero attached hydrogens (tertiary/aromatic N) is 3. The van der Waals surface area contributed by atoms with Crippen LogP contribution in [0.2, 0.25) is 0 Å². The zero-order chi connectivity index (χ0) is 19.1. The second kappa shape index (κ2) is 7.24. The van der Waals surface area contributed by atoms with Crippen LogP contribution < -0.4 is 4.90 Å². The van der Waals surface area contributed by atoms with Crippen LogP contribution >= 0.6 is 11.3 Å². The Kier molecular flexibility index (Phi) is 4.59. The third-order valence-corrected chi connectivity index (χ3v) is 6.98. The molecule has 2 fully saturated rings. The van der Waals surface area contributed by atoms with Crippen molar-refractivity contribution >= 4 is 33.1 Å². The van der Waals surface area contributed by atoms with Gasteiger partial charge in [-0.25, -0.2) is 4.39 Å². The van der Waals surface area contributed by atoms with E-state index < -0.39 is 0 Å². The van der Waals surface area contributed by atoms with Crippen LogP contribution in [0, 0.1) is 5.82 Å². The van der Waals surface area contributed by atoms with Crippen LogP contribution in [0.5, 0.6) is 0 Å². The van der Waals surface area contributed by atoms with Crippen molar-refractivity contribution in [3.05, 3.63) is 53.3 Å². The van der Waals surface area contributed by atoms with Gasteiger partial charge in [0.05, 0.1) is 10.2 Å². The SMILES string of the molecule is O=C(c1cc2sccc2n1C1CCCC1)N1CCN(c2ccc(F)cc2)CC1. The number of fused-ring (bicyclic) bond motifs is 1. The molecule has 6 heteroatoms. The summed E-state index contributed by atoms with van der Waals surface area (Å²) < 4.78 is 16.7. The molecule has 5 rings (SSSR count). The molecule has 0 N–H and O–H groups in total. The molecule has 1 aliphatic heterocycles. The molecule has 3 heterocycles. The molecular weight excluding hydrogens is 373 g/mol. The minimum atomic E-state index is -0.217. The first-order valence-corrected chi connectivity index (χ1v) is 11.0. The number of carbonyl (C=O) groups is 1. The fourth-order valence-corrected chi connectivity index (χ4v) is 5.46. The minimum Gasteiger partial charge on any atom is -0.368 e. The number of hydrogen-bond acceptors (Lipinski definition) is 3. The fourth-order valence-electron chi connectivity index (χ4n) is 4.65. The summed E-state index contributed by atoms with van der Waals surface area (Å²) in [7, 11) is 0. The van der Waals surface area contributed by atoms with Crippen molar-refractivity contribution in [2.75, 3.05) is 31.1 Å². The normalized spacial score (nSPS) is 18.3. The number of benzene rings is 1. The molecule has 0 radical (unpaired) electrons. The van der Waals surface area contributed by atoms with Crippen molar-refractivity contribution in [2.45, 2.75) is 31.7 Å². The Morgan fingerprint density at radius 3 is 2.43 bits per heavy atom. The standard InChI is InChI=1S/C22H24FN3OS/c23-16-5-7-17(8-6-16)24-10-12-25(13-11-24)22(27)20-15-21-19(9-14-28-21)26(20)18-3-1-2-4-18/h5-9,14-15,18H,1-4,10-13H2. The zero-order valence-electron chi connectivity index (χ0n) is 15.8. The number of thiophene rings is 1. The quantitative estimate of drug-likeness (QED) is 0.628. The Bertz CT molecular complexity index is 979. The lowest BCUT2D eigenvalue weighted by Crippen LogP contribution is -2.49. The summed E-state index contributed by atoms with van der Waals surface area (Å²) in [6.07, 6.45) is 4.83. The highest BCUT2D eigenvalue weighted by molar-refractivity contribution is 7.17. The van der Waals surface area contributed by atoms with E-state index in [1.54, 1.807) is 11.3 Å². The van der Waals surface area contributed by atoms with E-state index >= 15 is 0 Å². The van der Waals surface area contributed by atoms with Gasteiger partial charge in [-0.15, -0.1) is 11.3 Å². The van der Waals surface area contributed by atoms with Gasteiger partial charge in [0.15, 0.2) is 0 Å². The highest BCUT2D eigenvalue weighted by atomic mass is 32.1. The van der Waals surface area contributed by atoms with Crippen LogP contribution in [0.4, 0.5) is 10.1 Å². The Morgan fingerprint density at radius 1 is 1.00 bits per heavy atom. The lowest BCUT2D eigenvalue weighted by Gasteiger charge is -2.36. The maximum absolute atomic E-state index is 13.4. The highest BCUT2D eigenvalue weighted by Gasteiger charge is 2.29. The average Bonchev–Trinajstić information content (AvgIpc) is 3.45. The van der Waals surface area contributed by atoms with Crippen LogP contribution in [0.3, 0.4) is 0 Å². The Labute approximate surface area is 168 Å². The Hall–Kier alpha value is -2.34. The predicted octanol–water partition coefficient (Wildman–Crippen LogP) is 4.92. The largest absolute Gasteiger partial charge is 0.368 e. The second-order valence-corrected chi connectivity index (χ2v) is 8.71. The third kappa shape index (κ3) is 3.09. The minimum absolute atomic E-state index is 0.147. The first-order valence-electron chi connectivity index (χ1n) is 10.1. The maximum atomic E-state index is 13.4. The molecule has 28 heavy (non-hydrogen) atoms. The highest BCUT2D eigenvalue weighted by Crippen LogP contribution is 2.37. The smallest absolute Gasteiger partial charge is 0.270 e. The molecule has 1 saturated carbocycles. The van der Waals surface area contributed by atoms with Crippen molar-refractivity contribution in [3.63, 3.8) is 0 Å². The van der Waals surface area contributed by atoms with Crippen molar-refractivity contribution in [3.8, 4) is 0 Å². The molecule has 0 spiro atoms. The summed E-state index contributed by atoms with van der Waals surface area (Å²) in [5.74, 6) is -0.0701. The van der Waals surface area contributed by atoms with Crippen LogP contribution in [0.25, 0.3) is 10.2 Å². The number of amides is 1. The van der Waals surface area contributed by atoms with Gasteiger partial charge in [0.25, 0.3) is 5.91 Å². The molecule has 1 saturated heterocycles. The summed E-state index contributed by atoms with van der Waals surface area (Å²) in [6, 6.07) is 11.3. The number of aromatic nitrogens is 1. The van der Waals surface area contributed by atoms with E-state index in [0.29, 0.717) is 19.1 Å². The number of halogens is 1. The summed E-state index contributed by atoms with van der Waals surface area (Å²) in [5, 5.41) is 2.12. The molecule has 146 valence electrons. The number of anilines is 1. The fraction of sp³-hybridized carbons (Fsp3) is 0.409. The number of hydrogen-bond donors (Lipinski definition) is 0. The Balaban J connectivity index is 1.35. The van der Waals surface area contributed by atoms with Gasteiger partial charge in [-0.2, -0.15) is 0 Å². The van der Waals surface area contributed by atoms with Gasteiger partial charge < -0.3 is 14.4 Å². The van der Waals surface area contributed by atoms with E-state index in [0.717, 1.165) is 37.3 Å². The molecule has 1 aromatic carbocycles. The molecule has 2 aliphatic rings. The van der Waals surface area contributed by atoms with Crippen molar-refractivity contribution in [1.29, 1.82) is 0 Å². The van der Waals surface area contributed by atoms with E-state index in [-0.39, 0.29) is 11.7 Å². The van der Waals surface area contributed by atoms with Gasteiger partial charge in [-0.05, 0) is 54.6 Å². The van der Waals surface area contributed by atoms with Crippen LogP contribution in [-0.4, -0.2) is 41.6 Å². The monoisotopic (exact) mass is 397 g/mol. The first kappa shape index (κ1) is 17.7. The van der Waals surface area contributed by atoms with E-state index in [2.05, 4.69) is 27.0 Å². The summed E-state index contributed by atoms with van der Waals surface area (Å²) in [6.45, 7) is 2.94. The third-order valence-electron chi connectivity index (χ3n) is 6.13. The Morgan fingerprint density at radius 2 is 1.71 bits per heavy atom. The number of carbonyl (C=O) groups excluding carboxylic acids is 1. The molecule has 3 aromatic rings. The van der Waals surface area contributed by atoms with Gasteiger partial charge in [0.1, 0.15) is 11.5 Å². The second-order valence-electron chi connectivity index (χ2n) is 7.76. The van der Waals surface area contributed by atoms with Crippen molar-refractivity contribution in [1.82, 2.24) is 9.47 Å². The van der Waals surface area contributed by atoms with Crippen molar-refractivity contribution < 1.29 is 9.18 Å². The van der Waals surface area contributed by atoms with Gasteiger partial charge in [-0.3, -0.25) is 4.79 Å². The van der Waals surface area contributed by atoms with Gasteiger partial charge >= 0.3 is 0 Å². The lowest BCUT2D eigenvalue weighted by molar-refractivity contribution is 0.0734. The molecule has 0 unspecified atom stereocenters. The molecular formula is C22H24FN3OS. The molecule has 1 amide bonds. The predicted molar refractivity (Wildman–Crippen MR) is 112 cm³/mol. The van der Waals surface area contributed by atoms with Crippen molar-refractivity contribution in [2.24, 2.45) is 0 Å². The van der Waals surface area contributed by atoms with Crippen LogP contribution in [0.1, 0.15) is 42.2 Å². The zero-order valence-corrected chi connectivity index (χ0v) is 16.6. The lowest BCUT2D eigenvalue weighted by atomic mass is 10.2. The van der Waals surface area contributed by atoms with Gasteiger partial charge in [-0.1, -0.05) is 12.8 Å². The molecule has 0 atom stereocenters. The van der Waals surface area contributed by atoms with E-state index in [4.69, 9.17) is 0 Å². The molecule has 4 nitrogen and oxygen atoms in total. The number of rotatable bonds is 3. The maximum Gasteiger partial charge on any atom is 0.270 e. The average molecular weight is 398 g/mol. The first-order chi connectivity index (χ1) is 13.7. The molecule has 0 bridgehead atoms. The van der Waals surface area contributed by atoms with E-state index in [1.165, 1.54) is 35.2 Å². The van der Waals surface area contributed by atoms with Crippen LogP contribution in [-0.2, 0) is 0 Å². The summed E-state index contributed by atoms with van der Waals surface area (Å²) in [4.78, 5) is 17.6. The van der Waals surface area contributed by atoms with Gasteiger partial charge in [0, 0.05) is 37.9 Å². The summed E-state index contributed by atoms with van der Waals surface area (Å²) in [5.41, 5.74) is 3.08. The molecule has 1 aliphatic carbocycles. The van der Waals surface area contributed by atoms with Crippen LogP contribution in [0.15, 0.2) is 41.8 Å². The van der Waals surface area contributed by atoms with E-state index in [1.807, 2.05) is 17.0 Å². The summed E-state index contributed by atoms with van der Waals surface area (Å²) >= 11 is 1.71. The molecule has 2 aromatic heterocycles. The van der Waals surface area contributed by atoms with E-state index in [9.17, 15) is 9.18 Å². The van der Waals surface area contributed by atoms with Gasteiger partial charge in [0.2, 0.25) is 0 Å². The number of piperazine rings is 1. The topological polar surface area (TPSA) is 28.5 Å².